The van der Waals surface area contributed by atoms with Crippen LogP contribution >= 0.6 is 0 Å². The van der Waals surface area contributed by atoms with Crippen molar-refractivity contribution in [2.45, 2.75) is 92.4 Å². The summed E-state index contributed by atoms with van der Waals surface area (Å²) in [6, 6.07) is 0.0409. The van der Waals surface area contributed by atoms with Crippen LogP contribution in [0, 0.1) is 27.7 Å². The molecule has 31 heavy (non-hydrogen) atoms. The van der Waals surface area contributed by atoms with E-state index in [1.165, 1.54) is 0 Å². The molecule has 0 saturated heterocycles. The third-order valence-electron chi connectivity index (χ3n) is 5.47. The number of nitrogens with one attached hydrogen (secondary N) is 3. The van der Waals surface area contributed by atoms with Gasteiger partial charge in [-0.15, -0.1) is 0 Å². The van der Waals surface area contributed by atoms with Gasteiger partial charge >= 0.3 is 0 Å². The van der Waals surface area contributed by atoms with E-state index in [-0.39, 0.29) is 17.9 Å². The van der Waals surface area contributed by atoms with Gasteiger partial charge in [0, 0.05) is 30.3 Å². The number of amides is 2. The molecule has 0 aliphatic rings. The minimum atomic E-state index is -3.37. The average Bonchev–Trinajstić information content (AvgIpc) is 2.62. The molecule has 0 aromatic heterocycles. The maximum absolute atomic E-state index is 12.6. The summed E-state index contributed by atoms with van der Waals surface area (Å²) in [5.41, 5.74) is 4.87. The van der Waals surface area contributed by atoms with Gasteiger partial charge in [-0.2, -0.15) is 0 Å². The molecule has 1 aromatic carbocycles. The lowest BCUT2D eigenvalue weighted by Crippen LogP contribution is -2.39. The van der Waals surface area contributed by atoms with Crippen LogP contribution in [0.15, 0.2) is 0 Å². The maximum Gasteiger partial charge on any atom is 0.252 e. The minimum Gasteiger partial charge on any atom is -0.350 e. The smallest absolute Gasteiger partial charge is 0.252 e. The summed E-state index contributed by atoms with van der Waals surface area (Å²) in [4.78, 5) is 25.1. The molecule has 0 aliphatic carbocycles. The quantitative estimate of drug-likeness (QED) is 0.493. The van der Waals surface area contributed by atoms with Crippen molar-refractivity contribution in [1.29, 1.82) is 0 Å². The number of benzene rings is 1. The summed E-state index contributed by atoms with van der Waals surface area (Å²) in [5.74, 6) is -0.227. The van der Waals surface area contributed by atoms with Crippen molar-refractivity contribution in [3.63, 3.8) is 0 Å². The lowest BCUT2D eigenvalue weighted by atomic mass is 9.91. The zero-order valence-corrected chi connectivity index (χ0v) is 21.3. The van der Waals surface area contributed by atoms with E-state index in [1.807, 2.05) is 41.5 Å². The van der Waals surface area contributed by atoms with Gasteiger partial charge in [0.1, 0.15) is 0 Å². The Labute approximate surface area is 187 Å². The number of hydrogen-bond donors (Lipinski definition) is 3. The van der Waals surface area contributed by atoms with Gasteiger partial charge in [0.25, 0.3) is 5.91 Å². The number of sulfonamides is 1. The molecule has 7 nitrogen and oxygen atoms in total. The fourth-order valence-corrected chi connectivity index (χ4v) is 4.06. The zero-order chi connectivity index (χ0) is 24.1. The van der Waals surface area contributed by atoms with E-state index in [1.54, 1.807) is 20.8 Å². The highest BCUT2D eigenvalue weighted by atomic mass is 32.2. The van der Waals surface area contributed by atoms with Crippen molar-refractivity contribution < 1.29 is 18.0 Å². The van der Waals surface area contributed by atoms with Gasteiger partial charge in [0.05, 0.1) is 4.75 Å². The Morgan fingerprint density at radius 3 is 1.87 bits per heavy atom. The lowest BCUT2D eigenvalue weighted by molar-refractivity contribution is -0.116. The Kier molecular flexibility index (Phi) is 9.26. The van der Waals surface area contributed by atoms with Crippen molar-refractivity contribution in [2.24, 2.45) is 0 Å². The zero-order valence-electron chi connectivity index (χ0n) is 20.4. The fourth-order valence-electron chi connectivity index (χ4n) is 3.21. The third-order valence-corrected chi connectivity index (χ3v) is 7.66. The van der Waals surface area contributed by atoms with Gasteiger partial charge in [0.2, 0.25) is 15.9 Å². The molecule has 2 amide bonds. The van der Waals surface area contributed by atoms with E-state index in [2.05, 4.69) is 15.4 Å². The first-order valence-corrected chi connectivity index (χ1v) is 12.3. The van der Waals surface area contributed by atoms with E-state index in [0.29, 0.717) is 31.4 Å². The van der Waals surface area contributed by atoms with Crippen molar-refractivity contribution >= 4 is 27.5 Å². The summed E-state index contributed by atoms with van der Waals surface area (Å²) in [7, 11) is -3.37. The van der Waals surface area contributed by atoms with Crippen molar-refractivity contribution in [1.82, 2.24) is 10.0 Å². The van der Waals surface area contributed by atoms with Crippen LogP contribution in [-0.2, 0) is 14.8 Å². The molecule has 0 atom stereocenters. The molecular weight excluding hydrogens is 414 g/mol. The first-order valence-electron chi connectivity index (χ1n) is 10.8. The summed E-state index contributed by atoms with van der Waals surface area (Å²) >= 11 is 0. The second-order valence-corrected chi connectivity index (χ2v) is 11.9. The number of unbranched alkanes of at least 4 members (excludes halogenated alkanes) is 1. The average molecular weight is 454 g/mol. The summed E-state index contributed by atoms with van der Waals surface area (Å²) < 4.78 is 25.8. The molecule has 3 N–H and O–H groups in total. The second kappa shape index (κ2) is 10.6. The van der Waals surface area contributed by atoms with Gasteiger partial charge < -0.3 is 10.6 Å². The predicted molar refractivity (Wildman–Crippen MR) is 127 cm³/mol. The molecule has 0 bridgehead atoms. The first kappa shape index (κ1) is 27.1. The normalized spacial score (nSPS) is 12.2. The van der Waals surface area contributed by atoms with E-state index in [0.717, 1.165) is 27.9 Å². The Balaban J connectivity index is 2.79. The summed E-state index contributed by atoms with van der Waals surface area (Å²) in [6.45, 7) is 16.7. The highest BCUT2D eigenvalue weighted by Crippen LogP contribution is 2.31. The predicted octanol–water partition coefficient (Wildman–Crippen LogP) is 3.89. The van der Waals surface area contributed by atoms with Gasteiger partial charge in [-0.1, -0.05) is 0 Å². The fraction of sp³-hybridized carbons (Fsp3) is 0.652. The number of rotatable bonds is 9. The SMILES string of the molecule is Cc1c(C)c(C(=O)NC(C)C)c(C)c(C)c1NC(=O)CCCCNS(=O)(=O)C(C)(C)C. The van der Waals surface area contributed by atoms with Crippen LogP contribution in [0.4, 0.5) is 5.69 Å². The molecule has 0 heterocycles. The molecule has 1 aromatic rings. The molecule has 176 valence electrons. The van der Waals surface area contributed by atoms with Gasteiger partial charge in [0.15, 0.2) is 0 Å². The lowest BCUT2D eigenvalue weighted by Gasteiger charge is -2.21. The summed E-state index contributed by atoms with van der Waals surface area (Å²) in [5, 5.41) is 5.93. The van der Waals surface area contributed by atoms with E-state index in [4.69, 9.17) is 0 Å². The number of anilines is 1. The minimum absolute atomic E-state index is 0.0409. The van der Waals surface area contributed by atoms with Crippen LogP contribution in [0.25, 0.3) is 0 Å². The van der Waals surface area contributed by atoms with Gasteiger partial charge in [-0.05, 0) is 97.4 Å². The number of hydrogen-bond acceptors (Lipinski definition) is 4. The van der Waals surface area contributed by atoms with Crippen LogP contribution in [-0.4, -0.2) is 37.6 Å². The van der Waals surface area contributed by atoms with Crippen molar-refractivity contribution in [3.8, 4) is 0 Å². The molecule has 8 heteroatoms. The molecule has 0 aliphatic heterocycles. The van der Waals surface area contributed by atoms with E-state index >= 15 is 0 Å². The number of carbonyl (C=O) groups excluding carboxylic acids is 2. The molecule has 1 rings (SSSR count). The number of carbonyl (C=O) groups is 2. The first-order chi connectivity index (χ1) is 14.1. The van der Waals surface area contributed by atoms with Crippen LogP contribution in [0.2, 0.25) is 0 Å². The van der Waals surface area contributed by atoms with Crippen LogP contribution in [0.5, 0.6) is 0 Å². The standard InChI is InChI=1S/C23H39N3O4S/c1-14(2)25-22(28)20-15(3)17(5)21(18(6)16(20)4)26-19(27)12-10-11-13-24-31(29,30)23(7,8)9/h14,24H,10-13H2,1-9H3,(H,25,28)(H,26,27). The largest absolute Gasteiger partial charge is 0.350 e. The molecule has 0 spiro atoms. The van der Waals surface area contributed by atoms with E-state index < -0.39 is 14.8 Å². The molecule has 0 radical (unpaired) electrons. The molecule has 0 saturated carbocycles. The van der Waals surface area contributed by atoms with Crippen LogP contribution in [0.3, 0.4) is 0 Å². The third kappa shape index (κ3) is 7.04. The highest BCUT2D eigenvalue weighted by molar-refractivity contribution is 7.90. The Morgan fingerprint density at radius 2 is 1.42 bits per heavy atom. The van der Waals surface area contributed by atoms with Crippen LogP contribution in [0.1, 0.15) is 86.5 Å². The van der Waals surface area contributed by atoms with Gasteiger partial charge in [-0.25, -0.2) is 13.1 Å². The second-order valence-electron chi connectivity index (χ2n) is 9.39. The molecule has 0 unspecified atom stereocenters. The summed E-state index contributed by atoms with van der Waals surface area (Å²) in [6.07, 6.45) is 1.44. The maximum atomic E-state index is 12.6. The van der Waals surface area contributed by atoms with E-state index in [9.17, 15) is 18.0 Å². The monoisotopic (exact) mass is 453 g/mol. The van der Waals surface area contributed by atoms with Crippen molar-refractivity contribution in [3.05, 3.63) is 27.8 Å². The highest BCUT2D eigenvalue weighted by Gasteiger charge is 2.28. The Hall–Kier alpha value is -1.93. The molecule has 0 fully saturated rings. The molecular formula is C23H39N3O4S. The van der Waals surface area contributed by atoms with Crippen molar-refractivity contribution in [2.75, 3.05) is 11.9 Å². The topological polar surface area (TPSA) is 104 Å². The Morgan fingerprint density at radius 1 is 0.903 bits per heavy atom. The van der Waals surface area contributed by atoms with Gasteiger partial charge in [-0.3, -0.25) is 9.59 Å². The Bertz CT molecular complexity index is 900. The van der Waals surface area contributed by atoms with Crippen LogP contribution < -0.4 is 15.4 Å².